The molecular weight excluding hydrogens is 434 g/mol. The van der Waals surface area contributed by atoms with Crippen LogP contribution in [0.2, 0.25) is 0 Å². The van der Waals surface area contributed by atoms with E-state index in [4.69, 9.17) is 18.9 Å². The lowest BCUT2D eigenvalue weighted by molar-refractivity contribution is 0.0430. The number of carbonyl (C=O) groups excluding carboxylic acids is 3. The second-order valence-corrected chi connectivity index (χ2v) is 8.56. The quantitative estimate of drug-likeness (QED) is 0.467. The van der Waals surface area contributed by atoms with Gasteiger partial charge in [0.1, 0.15) is 17.0 Å². The minimum atomic E-state index is -1.01. The predicted octanol–water partition coefficient (Wildman–Crippen LogP) is 4.92. The molecule has 0 bridgehead atoms. The van der Waals surface area contributed by atoms with Crippen molar-refractivity contribution in [3.8, 4) is 5.75 Å². The number of esters is 1. The van der Waals surface area contributed by atoms with Crippen molar-refractivity contribution in [3.63, 3.8) is 0 Å². The highest BCUT2D eigenvalue weighted by molar-refractivity contribution is 9.10. The Hall–Kier alpha value is -2.29. The molecule has 28 heavy (non-hydrogen) atoms. The van der Waals surface area contributed by atoms with E-state index >= 15 is 0 Å². The maximum Gasteiger partial charge on any atom is 0.424 e. The van der Waals surface area contributed by atoms with E-state index in [1.165, 1.54) is 26.4 Å². The molecule has 0 aliphatic carbocycles. The van der Waals surface area contributed by atoms with Gasteiger partial charge >= 0.3 is 18.2 Å². The maximum absolute atomic E-state index is 12.9. The lowest BCUT2D eigenvalue weighted by atomic mass is 10.1. The minimum absolute atomic E-state index is 0.0492. The largest absolute Gasteiger partial charge is 0.495 e. The molecule has 156 valence electrons. The van der Waals surface area contributed by atoms with Crippen molar-refractivity contribution < 1.29 is 33.3 Å². The van der Waals surface area contributed by atoms with Crippen molar-refractivity contribution in [1.29, 1.82) is 0 Å². The lowest BCUT2D eigenvalue weighted by Crippen LogP contribution is -2.44. The van der Waals surface area contributed by atoms with Crippen LogP contribution in [0.3, 0.4) is 0 Å². The van der Waals surface area contributed by atoms with Crippen LogP contribution < -0.4 is 9.64 Å². The first kappa shape index (κ1) is 23.7. The molecule has 1 rings (SSSR count). The molecule has 0 saturated carbocycles. The summed E-state index contributed by atoms with van der Waals surface area (Å²) in [6.07, 6.45) is -2.03. The third kappa shape index (κ3) is 6.12. The fraction of sp³-hybridized carbons (Fsp3) is 0.526. The first-order valence-corrected chi connectivity index (χ1v) is 9.22. The van der Waals surface area contributed by atoms with E-state index in [0.717, 1.165) is 0 Å². The molecule has 9 heteroatoms. The van der Waals surface area contributed by atoms with Gasteiger partial charge in [0, 0.05) is 0 Å². The number of nitrogens with zero attached hydrogens (tertiary/aromatic N) is 1. The molecule has 2 amide bonds. The van der Waals surface area contributed by atoms with Crippen LogP contribution >= 0.6 is 15.9 Å². The summed E-state index contributed by atoms with van der Waals surface area (Å²) < 4.78 is 20.9. The SMILES string of the molecule is COC(=O)c1ccc(OC)c(Br)c1N(C(=O)OC(C)(C)C)C(=O)OC(C)(C)C. The summed E-state index contributed by atoms with van der Waals surface area (Å²) in [5.41, 5.74) is -1.94. The van der Waals surface area contributed by atoms with E-state index in [0.29, 0.717) is 10.6 Å². The second-order valence-electron chi connectivity index (χ2n) is 7.77. The van der Waals surface area contributed by atoms with Gasteiger partial charge in [0.15, 0.2) is 0 Å². The fourth-order valence-electron chi connectivity index (χ4n) is 2.07. The van der Waals surface area contributed by atoms with Crippen molar-refractivity contribution in [2.24, 2.45) is 0 Å². The monoisotopic (exact) mass is 459 g/mol. The van der Waals surface area contributed by atoms with Crippen molar-refractivity contribution in [2.45, 2.75) is 52.7 Å². The van der Waals surface area contributed by atoms with Gasteiger partial charge in [-0.1, -0.05) is 0 Å². The zero-order chi connectivity index (χ0) is 21.9. The average molecular weight is 460 g/mol. The summed E-state index contributed by atoms with van der Waals surface area (Å²) in [6.45, 7) is 9.92. The van der Waals surface area contributed by atoms with E-state index in [-0.39, 0.29) is 15.7 Å². The van der Waals surface area contributed by atoms with Crippen molar-refractivity contribution in [3.05, 3.63) is 22.2 Å². The Balaban J connectivity index is 3.70. The molecule has 1 aromatic carbocycles. The number of rotatable bonds is 3. The zero-order valence-electron chi connectivity index (χ0n) is 17.3. The lowest BCUT2D eigenvalue weighted by Gasteiger charge is -2.30. The van der Waals surface area contributed by atoms with Crippen LogP contribution in [0.25, 0.3) is 0 Å². The van der Waals surface area contributed by atoms with E-state index in [2.05, 4.69) is 15.9 Å². The molecule has 0 radical (unpaired) electrons. The van der Waals surface area contributed by atoms with Gasteiger partial charge in [-0.15, -0.1) is 0 Å². The number of imide groups is 1. The fourth-order valence-corrected chi connectivity index (χ4v) is 2.75. The molecule has 8 nitrogen and oxygen atoms in total. The average Bonchev–Trinajstić information content (AvgIpc) is 2.52. The maximum atomic E-state index is 12.9. The van der Waals surface area contributed by atoms with Crippen molar-refractivity contribution in [2.75, 3.05) is 19.1 Å². The number of methoxy groups -OCH3 is 2. The number of halogens is 1. The van der Waals surface area contributed by atoms with Gasteiger partial charge in [-0.25, -0.2) is 14.4 Å². The number of ether oxygens (including phenoxy) is 4. The molecule has 0 aliphatic rings. The summed E-state index contributed by atoms with van der Waals surface area (Å²) in [4.78, 5) is 38.7. The smallest absolute Gasteiger partial charge is 0.424 e. The molecular formula is C19H26BrNO7. The first-order valence-electron chi connectivity index (χ1n) is 8.42. The van der Waals surface area contributed by atoms with Gasteiger partial charge in [-0.05, 0) is 69.6 Å². The Labute approximate surface area is 173 Å². The number of anilines is 1. The molecule has 0 atom stereocenters. The topological polar surface area (TPSA) is 91.4 Å². The third-order valence-corrected chi connectivity index (χ3v) is 3.85. The number of hydrogen-bond acceptors (Lipinski definition) is 7. The standard InChI is InChI=1S/C19H26BrNO7/c1-18(2,3)27-16(23)21(17(24)28-19(4,5)6)14-11(15(22)26-8)9-10-12(25-7)13(14)20/h9-10H,1-8H3. The van der Waals surface area contributed by atoms with E-state index in [9.17, 15) is 14.4 Å². The summed E-state index contributed by atoms with van der Waals surface area (Å²) in [6, 6.07) is 2.88. The molecule has 0 aliphatic heterocycles. The highest BCUT2D eigenvalue weighted by Gasteiger charge is 2.37. The summed E-state index contributed by atoms with van der Waals surface area (Å²) in [7, 11) is 2.60. The molecule has 0 fully saturated rings. The summed E-state index contributed by atoms with van der Waals surface area (Å²) in [5, 5.41) is 0. The molecule has 0 spiro atoms. The predicted molar refractivity (Wildman–Crippen MR) is 107 cm³/mol. The molecule has 1 aromatic rings. The van der Waals surface area contributed by atoms with Crippen molar-refractivity contribution in [1.82, 2.24) is 0 Å². The summed E-state index contributed by atoms with van der Waals surface area (Å²) in [5.74, 6) is -0.463. The molecule has 0 saturated heterocycles. The van der Waals surface area contributed by atoms with Crippen LogP contribution in [-0.4, -0.2) is 43.6 Å². The van der Waals surface area contributed by atoms with Gasteiger partial charge in [0.2, 0.25) is 0 Å². The van der Waals surface area contributed by atoms with E-state index in [1.54, 1.807) is 41.5 Å². The Morgan fingerprint density at radius 1 is 0.893 bits per heavy atom. The van der Waals surface area contributed by atoms with Crippen molar-refractivity contribution >= 4 is 39.8 Å². The van der Waals surface area contributed by atoms with Crippen LogP contribution in [0.5, 0.6) is 5.75 Å². The molecule has 0 unspecified atom stereocenters. The second kappa shape index (κ2) is 8.81. The minimum Gasteiger partial charge on any atom is -0.495 e. The van der Waals surface area contributed by atoms with Crippen LogP contribution in [0.1, 0.15) is 51.9 Å². The normalized spacial score (nSPS) is 11.5. The van der Waals surface area contributed by atoms with Gasteiger partial charge in [0.05, 0.1) is 29.9 Å². The Morgan fingerprint density at radius 3 is 1.71 bits per heavy atom. The highest BCUT2D eigenvalue weighted by atomic mass is 79.9. The number of hydrogen-bond donors (Lipinski definition) is 0. The Morgan fingerprint density at radius 2 is 1.36 bits per heavy atom. The number of amides is 2. The Kier molecular flexibility index (Phi) is 7.47. The van der Waals surface area contributed by atoms with Crippen LogP contribution in [0, 0.1) is 0 Å². The Bertz CT molecular complexity index is 735. The number of carbonyl (C=O) groups is 3. The van der Waals surface area contributed by atoms with Crippen LogP contribution in [-0.2, 0) is 14.2 Å². The van der Waals surface area contributed by atoms with E-state index in [1.807, 2.05) is 0 Å². The van der Waals surface area contributed by atoms with Gasteiger partial charge in [-0.3, -0.25) is 0 Å². The van der Waals surface area contributed by atoms with Crippen LogP contribution in [0.15, 0.2) is 16.6 Å². The van der Waals surface area contributed by atoms with Gasteiger partial charge < -0.3 is 18.9 Å². The molecule has 0 aromatic heterocycles. The summed E-state index contributed by atoms with van der Waals surface area (Å²) >= 11 is 3.30. The molecule has 0 heterocycles. The highest BCUT2D eigenvalue weighted by Crippen LogP contribution is 2.39. The van der Waals surface area contributed by atoms with Gasteiger partial charge in [0.25, 0.3) is 0 Å². The first-order chi connectivity index (χ1) is 12.7. The number of benzene rings is 1. The van der Waals surface area contributed by atoms with E-state index < -0.39 is 29.4 Å². The van der Waals surface area contributed by atoms with Gasteiger partial charge in [-0.2, -0.15) is 4.90 Å². The molecule has 0 N–H and O–H groups in total. The third-order valence-electron chi connectivity index (χ3n) is 3.08. The zero-order valence-corrected chi connectivity index (χ0v) is 18.9. The van der Waals surface area contributed by atoms with Crippen LogP contribution in [0.4, 0.5) is 15.3 Å².